The van der Waals surface area contributed by atoms with E-state index in [4.69, 9.17) is 9.47 Å². The van der Waals surface area contributed by atoms with E-state index in [-0.39, 0.29) is 41.8 Å². The number of hydrogen-bond acceptors (Lipinski definition) is 8. The molecule has 6 N–H and O–H groups in total. The number of aliphatic hydroxyl groups excluding tert-OH is 1. The third-order valence-electron chi connectivity index (χ3n) is 10.2. The van der Waals surface area contributed by atoms with E-state index in [1.54, 1.807) is 12.1 Å². The van der Waals surface area contributed by atoms with Gasteiger partial charge in [0, 0.05) is 49.4 Å². The smallest absolute Gasteiger partial charge is 0.411 e. The van der Waals surface area contributed by atoms with Crippen molar-refractivity contribution in [2.75, 3.05) is 51.0 Å². The molecule has 1 aliphatic rings. The molecule has 12 nitrogen and oxygen atoms in total. The number of piperidine rings is 1. The fraction of sp³-hybridized carbons (Fsp3) is 0.341. The zero-order valence-electron chi connectivity index (χ0n) is 32.3. The van der Waals surface area contributed by atoms with Gasteiger partial charge in [0.2, 0.25) is 11.5 Å². The van der Waals surface area contributed by atoms with E-state index in [0.717, 1.165) is 52.7 Å². The fourth-order valence-electron chi connectivity index (χ4n) is 7.10. The van der Waals surface area contributed by atoms with Crippen molar-refractivity contribution in [2.24, 2.45) is 0 Å². The number of nitrogens with zero attached hydrogens (tertiary/aromatic N) is 1. The van der Waals surface area contributed by atoms with Crippen LogP contribution in [0.1, 0.15) is 55.4 Å². The van der Waals surface area contributed by atoms with E-state index < -0.39 is 12.2 Å². The van der Waals surface area contributed by atoms with Crippen LogP contribution in [0.25, 0.3) is 22.0 Å². The topological polar surface area (TPSA) is 162 Å². The van der Waals surface area contributed by atoms with Gasteiger partial charge in [0.1, 0.15) is 17.6 Å². The van der Waals surface area contributed by atoms with Gasteiger partial charge in [-0.15, -0.1) is 0 Å². The number of pyridine rings is 1. The molecule has 56 heavy (non-hydrogen) atoms. The highest BCUT2D eigenvalue weighted by molar-refractivity contribution is 5.93. The number of rotatable bonds is 15. The van der Waals surface area contributed by atoms with E-state index in [1.165, 1.54) is 12.1 Å². The van der Waals surface area contributed by atoms with Gasteiger partial charge in [-0.05, 0) is 72.4 Å². The molecule has 1 aromatic heterocycles. The minimum Gasteiger partial charge on any atom is -0.506 e. The lowest BCUT2D eigenvalue weighted by atomic mass is 9.99. The van der Waals surface area contributed by atoms with E-state index >= 15 is 0 Å². The van der Waals surface area contributed by atoms with E-state index in [0.29, 0.717) is 54.1 Å². The third-order valence-corrected chi connectivity index (χ3v) is 10.2. The molecule has 1 saturated heterocycles. The number of anilines is 2. The predicted molar refractivity (Wildman–Crippen MR) is 219 cm³/mol. The fourth-order valence-corrected chi connectivity index (χ4v) is 7.10. The number of aromatic amines is 1. The summed E-state index contributed by atoms with van der Waals surface area (Å²) in [6.07, 6.45) is 1.73. The second-order valence-electron chi connectivity index (χ2n) is 15.0. The molecule has 0 radical (unpaired) electrons. The molecule has 294 valence electrons. The highest BCUT2D eigenvalue weighted by Gasteiger charge is 2.28. The highest BCUT2D eigenvalue weighted by atomic mass is 16.6. The van der Waals surface area contributed by atoms with Gasteiger partial charge in [-0.25, -0.2) is 4.79 Å². The number of phenolic OH excluding ortho intramolecular Hbond substituents is 1. The van der Waals surface area contributed by atoms with Crippen molar-refractivity contribution >= 4 is 34.3 Å². The molecule has 4 aromatic carbocycles. The number of carbonyl (C=O) groups is 2. The van der Waals surface area contributed by atoms with Crippen molar-refractivity contribution in [3.63, 3.8) is 0 Å². The number of benzene rings is 4. The van der Waals surface area contributed by atoms with Gasteiger partial charge in [0.15, 0.2) is 0 Å². The molecule has 2 amide bonds. The summed E-state index contributed by atoms with van der Waals surface area (Å²) in [7, 11) is 4.39. The summed E-state index contributed by atoms with van der Waals surface area (Å²) in [5, 5.41) is 30.9. The van der Waals surface area contributed by atoms with Crippen molar-refractivity contribution in [3.05, 3.63) is 118 Å². The van der Waals surface area contributed by atoms with E-state index in [1.807, 2.05) is 73.7 Å². The molecule has 1 fully saturated rings. The Kier molecular flexibility index (Phi) is 13.1. The lowest BCUT2D eigenvalue weighted by molar-refractivity contribution is -0.896. The Labute approximate surface area is 327 Å². The van der Waals surface area contributed by atoms with Crippen LogP contribution in [0.3, 0.4) is 0 Å². The quantitative estimate of drug-likeness (QED) is 0.0630. The predicted octanol–water partition coefficient (Wildman–Crippen LogP) is 6.87. The van der Waals surface area contributed by atoms with E-state index in [2.05, 4.69) is 35.0 Å². The summed E-state index contributed by atoms with van der Waals surface area (Å²) >= 11 is 0. The number of hydrogen-bond donors (Lipinski definition) is 6. The molecule has 0 bridgehead atoms. The largest absolute Gasteiger partial charge is 0.506 e. The normalized spacial score (nSPS) is 14.6. The van der Waals surface area contributed by atoms with Gasteiger partial charge in [-0.2, -0.15) is 0 Å². The summed E-state index contributed by atoms with van der Waals surface area (Å²) in [5.74, 6) is 0.343. The van der Waals surface area contributed by atoms with Crippen LogP contribution < -0.4 is 26.2 Å². The summed E-state index contributed by atoms with van der Waals surface area (Å²) in [6, 6.07) is 27.5. The molecular formula is C44H52N5O7+. The van der Waals surface area contributed by atoms with Crippen LogP contribution in [0.4, 0.5) is 16.2 Å². The Hall–Kier alpha value is -5.69. The number of aliphatic hydroxyl groups is 1. The number of quaternary nitrogens is 1. The highest BCUT2D eigenvalue weighted by Crippen LogP contribution is 2.32. The molecule has 0 saturated carbocycles. The van der Waals surface area contributed by atoms with Gasteiger partial charge >= 0.3 is 6.09 Å². The van der Waals surface area contributed by atoms with Crippen LogP contribution >= 0.6 is 0 Å². The van der Waals surface area contributed by atoms with Crippen molar-refractivity contribution in [1.29, 1.82) is 0 Å². The van der Waals surface area contributed by atoms with Crippen LogP contribution in [0.15, 0.2) is 95.8 Å². The minimum absolute atomic E-state index is 0.0636. The van der Waals surface area contributed by atoms with Gasteiger partial charge in [-0.1, -0.05) is 54.6 Å². The number of nitrogens with one attached hydrogen (secondary N) is 4. The summed E-state index contributed by atoms with van der Waals surface area (Å²) < 4.78 is 12.6. The van der Waals surface area contributed by atoms with Gasteiger partial charge in [-0.3, -0.25) is 14.9 Å². The maximum absolute atomic E-state index is 13.1. The number of likely N-dealkylation sites (tertiary alicyclic amines) is 1. The maximum Gasteiger partial charge on any atom is 0.411 e. The average Bonchev–Trinajstić information content (AvgIpc) is 3.17. The lowest BCUT2D eigenvalue weighted by Crippen LogP contribution is -2.48. The number of fused-ring (bicyclic) bond motifs is 1. The molecule has 1 aliphatic heterocycles. The molecule has 0 unspecified atom stereocenters. The number of aryl methyl sites for hydroxylation is 1. The first-order valence-electron chi connectivity index (χ1n) is 19.3. The van der Waals surface area contributed by atoms with Crippen molar-refractivity contribution in [2.45, 2.75) is 57.8 Å². The number of aromatic hydroxyl groups is 1. The number of aromatic nitrogens is 1. The maximum atomic E-state index is 13.1. The van der Waals surface area contributed by atoms with Crippen molar-refractivity contribution < 1.29 is 33.8 Å². The number of H-pyrrole nitrogens is 1. The monoisotopic (exact) mass is 762 g/mol. The second kappa shape index (κ2) is 18.3. The average molecular weight is 763 g/mol. The number of phenols is 1. The first-order valence-corrected chi connectivity index (χ1v) is 19.3. The number of ether oxygens (including phenoxy) is 2. The molecule has 6 rings (SSSR count). The minimum atomic E-state index is -0.895. The first kappa shape index (κ1) is 40.0. The number of amides is 2. The number of carbonyl (C=O) groups excluding carboxylic acids is 2. The van der Waals surface area contributed by atoms with Gasteiger partial charge in [0.25, 0.3) is 0 Å². The molecule has 2 heterocycles. The lowest BCUT2D eigenvalue weighted by Gasteiger charge is -2.36. The first-order chi connectivity index (χ1) is 27.0. The standard InChI is InChI=1S/C44H51N5O7/c1-4-55-40-26-30(27-45-28-39(51)34-16-19-38(50)43-35(34)17-20-42(53)48-43)14-18-36(40)46-41(52)12-8-9-29-13-15-33(31-10-6-5-7-11-31)37(25-29)47-44(54)56-32-21-23-49(2,3)24-22-32/h5-7,10-11,13-20,25-26,32,39,45,51H,4,8-9,12,21-24,27-28H2,1-3H3,(H3-,46,47,48,50,52,53,54)/p+1/t39-/m0/s1. The summed E-state index contributed by atoms with van der Waals surface area (Å²) in [5.41, 5.74) is 5.54. The Balaban J connectivity index is 1.03. The Morgan fingerprint density at radius 3 is 2.45 bits per heavy atom. The molecule has 1 atom stereocenters. The Morgan fingerprint density at radius 1 is 0.911 bits per heavy atom. The molecule has 5 aromatic rings. The molecular weight excluding hydrogens is 711 g/mol. The van der Waals surface area contributed by atoms with Crippen LogP contribution in [-0.4, -0.2) is 78.1 Å². The van der Waals surface area contributed by atoms with Crippen molar-refractivity contribution in [1.82, 2.24) is 10.3 Å². The zero-order valence-corrected chi connectivity index (χ0v) is 32.3. The Morgan fingerprint density at radius 2 is 1.68 bits per heavy atom. The van der Waals surface area contributed by atoms with Crippen LogP contribution in [0.5, 0.6) is 11.5 Å². The van der Waals surface area contributed by atoms with Crippen LogP contribution in [0, 0.1) is 0 Å². The molecule has 0 aliphatic carbocycles. The van der Waals surface area contributed by atoms with Crippen molar-refractivity contribution in [3.8, 4) is 22.6 Å². The summed E-state index contributed by atoms with van der Waals surface area (Å²) in [4.78, 5) is 40.6. The van der Waals surface area contributed by atoms with Gasteiger partial charge in [0.05, 0.1) is 56.8 Å². The van der Waals surface area contributed by atoms with Gasteiger partial charge < -0.3 is 39.8 Å². The SMILES string of the molecule is CCOc1cc(CNC[C@H](O)c2ccc(O)c3[nH]c(=O)ccc23)ccc1NC(=O)CCCc1ccc(-c2ccccc2)c(NC(=O)OC2CC[N+](C)(C)CC2)c1. The molecule has 12 heteroatoms. The van der Waals surface area contributed by atoms with Crippen LogP contribution in [-0.2, 0) is 22.5 Å². The van der Waals surface area contributed by atoms with E-state index in [9.17, 15) is 24.6 Å². The Bertz CT molecular complexity index is 2190. The third kappa shape index (κ3) is 10.5. The summed E-state index contributed by atoms with van der Waals surface area (Å²) in [6.45, 7) is 4.86. The zero-order chi connectivity index (χ0) is 39.7. The van der Waals surface area contributed by atoms with Crippen LogP contribution in [0.2, 0.25) is 0 Å². The second-order valence-corrected chi connectivity index (χ2v) is 15.0. The molecule has 0 spiro atoms.